The Bertz CT molecular complexity index is 950. The van der Waals surface area contributed by atoms with Crippen LogP contribution in [0.3, 0.4) is 0 Å². The first-order valence-electron chi connectivity index (χ1n) is 10.1. The molecule has 1 aliphatic heterocycles. The van der Waals surface area contributed by atoms with Crippen molar-refractivity contribution in [2.45, 2.75) is 51.2 Å². The Balaban J connectivity index is 1.83. The molecule has 4 rings (SSSR count). The minimum absolute atomic E-state index is 0.0762. The summed E-state index contributed by atoms with van der Waals surface area (Å²) in [5.74, 6) is 1.36. The predicted molar refractivity (Wildman–Crippen MR) is 109 cm³/mol. The number of benzene rings is 1. The van der Waals surface area contributed by atoms with E-state index in [9.17, 15) is 4.79 Å². The Morgan fingerprint density at radius 1 is 1.28 bits per heavy atom. The van der Waals surface area contributed by atoms with Gasteiger partial charge in [-0.2, -0.15) is 0 Å². The lowest BCUT2D eigenvalue weighted by molar-refractivity contribution is -0.148. The van der Waals surface area contributed by atoms with E-state index in [4.69, 9.17) is 19.2 Å². The molecule has 7 nitrogen and oxygen atoms in total. The number of aliphatic imine (C=N–C) groups is 1. The number of aromatic nitrogens is 2. The van der Waals surface area contributed by atoms with Gasteiger partial charge < -0.3 is 18.8 Å². The van der Waals surface area contributed by atoms with Crippen molar-refractivity contribution in [1.82, 2.24) is 9.55 Å². The fraction of sp³-hybridized carbons (Fsp3) is 0.500. The minimum atomic E-state index is -0.228. The van der Waals surface area contributed by atoms with Crippen LogP contribution in [0.4, 0.5) is 0 Å². The molecular formula is C22H27N3O4. The van der Waals surface area contributed by atoms with Crippen LogP contribution < -0.4 is 9.47 Å². The highest BCUT2D eigenvalue weighted by Crippen LogP contribution is 2.45. The van der Waals surface area contributed by atoms with E-state index < -0.39 is 0 Å². The van der Waals surface area contributed by atoms with Gasteiger partial charge in [-0.3, -0.25) is 9.79 Å². The summed E-state index contributed by atoms with van der Waals surface area (Å²) in [7, 11) is 3.62. The third-order valence-corrected chi connectivity index (χ3v) is 5.74. The third kappa shape index (κ3) is 3.61. The molecule has 154 valence electrons. The van der Waals surface area contributed by atoms with Gasteiger partial charge in [-0.05, 0) is 43.9 Å². The summed E-state index contributed by atoms with van der Waals surface area (Å²) in [5.41, 5.74) is 4.09. The van der Waals surface area contributed by atoms with Crippen LogP contribution in [0.25, 0.3) is 0 Å². The molecule has 29 heavy (non-hydrogen) atoms. The number of carbonyl (C=O) groups is 1. The lowest BCUT2D eigenvalue weighted by Gasteiger charge is -2.38. The zero-order valence-corrected chi connectivity index (χ0v) is 17.3. The predicted octanol–water partition coefficient (Wildman–Crippen LogP) is 3.25. The lowest BCUT2D eigenvalue weighted by atomic mass is 9.74. The van der Waals surface area contributed by atoms with E-state index in [1.54, 1.807) is 13.4 Å². The first-order chi connectivity index (χ1) is 14.0. The normalized spacial score (nSPS) is 22.9. The summed E-state index contributed by atoms with van der Waals surface area (Å²) < 4.78 is 19.0. The highest BCUT2D eigenvalue weighted by atomic mass is 16.5. The van der Waals surface area contributed by atoms with Gasteiger partial charge in [-0.25, -0.2) is 4.98 Å². The van der Waals surface area contributed by atoms with E-state index >= 15 is 0 Å². The van der Waals surface area contributed by atoms with E-state index in [2.05, 4.69) is 11.1 Å². The van der Waals surface area contributed by atoms with Crippen LogP contribution in [0.15, 0.2) is 29.6 Å². The molecule has 0 bridgehead atoms. The number of fused-ring (bicyclic) bond motifs is 3. The molecule has 3 atom stereocenters. The second-order valence-electron chi connectivity index (χ2n) is 7.61. The largest absolute Gasteiger partial charge is 0.493 e. The van der Waals surface area contributed by atoms with Crippen molar-refractivity contribution in [3.8, 4) is 11.5 Å². The second-order valence-corrected chi connectivity index (χ2v) is 7.61. The second kappa shape index (κ2) is 7.89. The number of methoxy groups -OCH3 is 1. The van der Waals surface area contributed by atoms with Gasteiger partial charge in [0.2, 0.25) is 0 Å². The van der Waals surface area contributed by atoms with E-state index in [1.165, 1.54) is 12.5 Å². The van der Waals surface area contributed by atoms with Crippen molar-refractivity contribution >= 4 is 11.7 Å². The Kier molecular flexibility index (Phi) is 5.30. The number of ether oxygens (including phenoxy) is 3. The summed E-state index contributed by atoms with van der Waals surface area (Å²) in [6.07, 6.45) is 6.01. The topological polar surface area (TPSA) is 74.9 Å². The Morgan fingerprint density at radius 3 is 2.76 bits per heavy atom. The average molecular weight is 397 g/mol. The van der Waals surface area contributed by atoms with Crippen LogP contribution in [0, 0.1) is 0 Å². The van der Waals surface area contributed by atoms with Gasteiger partial charge in [0, 0.05) is 25.5 Å². The number of imidazole rings is 1. The van der Waals surface area contributed by atoms with Crippen molar-refractivity contribution in [3.05, 3.63) is 41.5 Å². The fourth-order valence-corrected chi connectivity index (χ4v) is 4.49. The number of carbonyl (C=O) groups excluding carboxylic acids is 1. The van der Waals surface area contributed by atoms with Crippen LogP contribution in [0.2, 0.25) is 0 Å². The van der Waals surface area contributed by atoms with Crippen LogP contribution >= 0.6 is 0 Å². The maximum Gasteiger partial charge on any atom is 0.302 e. The standard InChI is InChI=1S/C22H27N3O4/c1-5-28-21-9-15-16-8-14(29-13(2)26)6-7-18(16)24-22(17(15)10-20(21)27-4)19-11-23-12-25(19)3/h9-12,14,16,18H,5-8H2,1-4H3. The maximum atomic E-state index is 11.5. The molecule has 0 spiro atoms. The summed E-state index contributed by atoms with van der Waals surface area (Å²) in [4.78, 5) is 20.9. The number of hydrogen-bond donors (Lipinski definition) is 0. The van der Waals surface area contributed by atoms with Crippen molar-refractivity contribution in [1.29, 1.82) is 0 Å². The molecule has 1 aromatic carbocycles. The number of rotatable bonds is 5. The van der Waals surface area contributed by atoms with Gasteiger partial charge in [-0.15, -0.1) is 0 Å². The van der Waals surface area contributed by atoms with Gasteiger partial charge >= 0.3 is 5.97 Å². The van der Waals surface area contributed by atoms with Crippen molar-refractivity contribution in [2.75, 3.05) is 13.7 Å². The molecule has 0 radical (unpaired) electrons. The van der Waals surface area contributed by atoms with Crippen molar-refractivity contribution in [3.63, 3.8) is 0 Å². The quantitative estimate of drug-likeness (QED) is 0.724. The molecule has 7 heteroatoms. The van der Waals surface area contributed by atoms with Crippen molar-refractivity contribution in [2.24, 2.45) is 12.0 Å². The molecule has 2 aliphatic rings. The molecule has 3 unspecified atom stereocenters. The fourth-order valence-electron chi connectivity index (χ4n) is 4.49. The van der Waals surface area contributed by atoms with E-state index in [0.717, 1.165) is 42.0 Å². The van der Waals surface area contributed by atoms with E-state index in [1.807, 2.05) is 30.8 Å². The zero-order valence-electron chi connectivity index (χ0n) is 17.3. The Morgan fingerprint density at radius 2 is 2.10 bits per heavy atom. The first-order valence-corrected chi connectivity index (χ1v) is 10.1. The maximum absolute atomic E-state index is 11.5. The molecule has 2 aromatic rings. The van der Waals surface area contributed by atoms with Crippen LogP contribution in [-0.2, 0) is 16.6 Å². The number of aryl methyl sites for hydroxylation is 1. The Labute approximate surface area is 170 Å². The lowest BCUT2D eigenvalue weighted by Crippen LogP contribution is -2.36. The number of hydrogen-bond acceptors (Lipinski definition) is 6. The van der Waals surface area contributed by atoms with Gasteiger partial charge in [0.25, 0.3) is 0 Å². The van der Waals surface area contributed by atoms with Crippen LogP contribution in [0.5, 0.6) is 11.5 Å². The van der Waals surface area contributed by atoms with E-state index in [0.29, 0.717) is 12.4 Å². The highest BCUT2D eigenvalue weighted by molar-refractivity contribution is 6.14. The summed E-state index contributed by atoms with van der Waals surface area (Å²) >= 11 is 0. The van der Waals surface area contributed by atoms with Gasteiger partial charge in [0.15, 0.2) is 11.5 Å². The molecule has 2 heterocycles. The molecule has 1 aliphatic carbocycles. The monoisotopic (exact) mass is 397 g/mol. The van der Waals surface area contributed by atoms with Crippen LogP contribution in [-0.4, -0.2) is 47.1 Å². The zero-order chi connectivity index (χ0) is 20.5. The number of nitrogens with zero attached hydrogens (tertiary/aromatic N) is 3. The summed E-state index contributed by atoms with van der Waals surface area (Å²) in [6.45, 7) is 3.99. The molecule has 0 saturated heterocycles. The minimum Gasteiger partial charge on any atom is -0.493 e. The molecule has 0 amide bonds. The van der Waals surface area contributed by atoms with E-state index in [-0.39, 0.29) is 24.0 Å². The van der Waals surface area contributed by atoms with Crippen LogP contribution in [0.1, 0.15) is 55.8 Å². The van der Waals surface area contributed by atoms with Gasteiger partial charge in [0.1, 0.15) is 6.10 Å². The SMILES string of the molecule is CCOc1cc2c(cc1OC)C(c1cncn1C)=NC1CCC(OC(C)=O)CC21. The molecular weight excluding hydrogens is 370 g/mol. The smallest absolute Gasteiger partial charge is 0.302 e. The molecule has 1 aromatic heterocycles. The highest BCUT2D eigenvalue weighted by Gasteiger charge is 2.39. The molecule has 1 saturated carbocycles. The van der Waals surface area contributed by atoms with Gasteiger partial charge in [0.05, 0.1) is 43.7 Å². The molecule has 0 N–H and O–H groups in total. The first kappa shape index (κ1) is 19.5. The summed E-state index contributed by atoms with van der Waals surface area (Å²) in [6, 6.07) is 4.23. The summed E-state index contributed by atoms with van der Waals surface area (Å²) in [5, 5.41) is 0. The average Bonchev–Trinajstić information content (AvgIpc) is 3.12. The van der Waals surface area contributed by atoms with Gasteiger partial charge in [-0.1, -0.05) is 0 Å². The molecule has 1 fully saturated rings. The van der Waals surface area contributed by atoms with Crippen molar-refractivity contribution < 1.29 is 19.0 Å². The number of esters is 1. The third-order valence-electron chi connectivity index (χ3n) is 5.74. The Hall–Kier alpha value is -2.83.